The van der Waals surface area contributed by atoms with Gasteiger partial charge in [0.05, 0.1) is 4.90 Å². The molecular weight excluding hydrogens is 412 g/mol. The lowest BCUT2D eigenvalue weighted by Gasteiger charge is -2.20. The summed E-state index contributed by atoms with van der Waals surface area (Å²) in [6.45, 7) is 0. The van der Waals surface area contributed by atoms with Crippen molar-refractivity contribution >= 4 is 47.7 Å². The zero-order valence-corrected chi connectivity index (χ0v) is 14.5. The van der Waals surface area contributed by atoms with Crippen molar-refractivity contribution in [2.75, 3.05) is 0 Å². The van der Waals surface area contributed by atoms with Crippen molar-refractivity contribution in [3.8, 4) is 0 Å². The zero-order chi connectivity index (χ0) is 14.9. The van der Waals surface area contributed by atoms with Gasteiger partial charge in [-0.1, -0.05) is 28.8 Å². The van der Waals surface area contributed by atoms with Crippen LogP contribution in [-0.4, -0.2) is 24.7 Å². The summed E-state index contributed by atoms with van der Waals surface area (Å²) in [4.78, 5) is 11.5. The molecule has 0 bridgehead atoms. The van der Waals surface area contributed by atoms with Gasteiger partial charge in [-0.05, 0) is 52.9 Å². The summed E-state index contributed by atoms with van der Waals surface area (Å²) in [5.41, 5.74) is 0. The largest absolute Gasteiger partial charge is 0.480 e. The van der Waals surface area contributed by atoms with Crippen molar-refractivity contribution in [2.45, 2.75) is 35.8 Å². The molecule has 1 atom stereocenters. The minimum Gasteiger partial charge on any atom is -0.480 e. The minimum atomic E-state index is -3.91. The second kappa shape index (κ2) is 6.15. The summed E-state index contributed by atoms with van der Waals surface area (Å²) in [6, 6.07) is 4.75. The molecule has 4 nitrogen and oxygen atoms in total. The predicted octanol–water partition coefficient (Wildman–Crippen LogP) is 3.63. The topological polar surface area (TPSA) is 71.4 Å². The van der Waals surface area contributed by atoms with E-state index in [4.69, 9.17) is 0 Å². The molecule has 1 aliphatic rings. The van der Waals surface area contributed by atoms with E-state index in [2.05, 4.69) is 31.9 Å². The fourth-order valence-electron chi connectivity index (χ4n) is 2.68. The van der Waals surface area contributed by atoms with Gasteiger partial charge in [0.1, 0.15) is 0 Å². The normalized spacial score (nSPS) is 18.1. The van der Waals surface area contributed by atoms with Crippen molar-refractivity contribution < 1.29 is 18.3 Å². The highest BCUT2D eigenvalue weighted by Crippen LogP contribution is 2.36. The number of hydrogen-bond donors (Lipinski definition) is 1. The molecule has 1 fully saturated rings. The minimum absolute atomic E-state index is 0.0335. The van der Waals surface area contributed by atoms with E-state index in [9.17, 15) is 18.3 Å². The summed E-state index contributed by atoms with van der Waals surface area (Å²) in [7, 11) is -3.91. The number of carboxylic acids is 1. The summed E-state index contributed by atoms with van der Waals surface area (Å²) in [6.07, 6.45) is 3.09. The van der Waals surface area contributed by atoms with Gasteiger partial charge in [0.25, 0.3) is 0 Å². The zero-order valence-electron chi connectivity index (χ0n) is 10.6. The van der Waals surface area contributed by atoms with Crippen molar-refractivity contribution in [1.82, 2.24) is 0 Å². The molecule has 1 aromatic carbocycles. The molecule has 0 aromatic heterocycles. The SMILES string of the molecule is O=C(O)C(C1CCCC1)S(=O)(=O)c1cc(Br)ccc1Br. The highest BCUT2D eigenvalue weighted by molar-refractivity contribution is 9.11. The van der Waals surface area contributed by atoms with Crippen LogP contribution in [0.15, 0.2) is 32.0 Å². The first-order chi connectivity index (χ1) is 9.34. The van der Waals surface area contributed by atoms with Gasteiger partial charge < -0.3 is 5.11 Å². The standard InChI is InChI=1S/C13H14Br2O4S/c14-9-5-6-10(15)11(7-9)20(18,19)12(13(16)17)8-3-1-2-4-8/h5-8,12H,1-4H2,(H,16,17). The van der Waals surface area contributed by atoms with Gasteiger partial charge >= 0.3 is 5.97 Å². The molecule has 0 amide bonds. The van der Waals surface area contributed by atoms with Crippen LogP contribution in [0.1, 0.15) is 25.7 Å². The van der Waals surface area contributed by atoms with E-state index < -0.39 is 21.1 Å². The number of benzene rings is 1. The molecule has 1 aromatic rings. The number of sulfone groups is 1. The Balaban J connectivity index is 2.50. The Hall–Kier alpha value is -0.400. The van der Waals surface area contributed by atoms with Gasteiger partial charge in [-0.15, -0.1) is 0 Å². The van der Waals surface area contributed by atoms with Gasteiger partial charge in [0.2, 0.25) is 0 Å². The average Bonchev–Trinajstić information content (AvgIpc) is 2.84. The van der Waals surface area contributed by atoms with Gasteiger partial charge in [-0.2, -0.15) is 0 Å². The van der Waals surface area contributed by atoms with E-state index in [1.54, 1.807) is 12.1 Å². The Labute approximate surface area is 134 Å². The lowest BCUT2D eigenvalue weighted by Crippen LogP contribution is -2.36. The van der Waals surface area contributed by atoms with E-state index in [1.165, 1.54) is 6.07 Å². The number of carbonyl (C=O) groups is 1. The number of hydrogen-bond acceptors (Lipinski definition) is 3. The van der Waals surface area contributed by atoms with Crippen molar-refractivity contribution in [3.05, 3.63) is 27.1 Å². The highest BCUT2D eigenvalue weighted by atomic mass is 79.9. The molecular formula is C13H14Br2O4S. The predicted molar refractivity (Wildman–Crippen MR) is 82.4 cm³/mol. The fourth-order valence-corrected chi connectivity index (χ4v) is 6.06. The maximum atomic E-state index is 12.7. The second-order valence-corrected chi connectivity index (χ2v) is 8.73. The third-order valence-corrected chi connectivity index (χ3v) is 7.26. The first-order valence-electron chi connectivity index (χ1n) is 6.26. The monoisotopic (exact) mass is 424 g/mol. The Bertz CT molecular complexity index is 621. The maximum Gasteiger partial charge on any atom is 0.322 e. The van der Waals surface area contributed by atoms with E-state index in [1.807, 2.05) is 0 Å². The molecule has 110 valence electrons. The third-order valence-electron chi connectivity index (χ3n) is 3.61. The molecule has 0 radical (unpaired) electrons. The smallest absolute Gasteiger partial charge is 0.322 e. The van der Waals surface area contributed by atoms with E-state index >= 15 is 0 Å². The number of aliphatic carboxylic acids is 1. The van der Waals surface area contributed by atoms with Crippen LogP contribution in [0.5, 0.6) is 0 Å². The van der Waals surface area contributed by atoms with Gasteiger partial charge in [-0.3, -0.25) is 4.79 Å². The van der Waals surface area contributed by atoms with Crippen LogP contribution in [0, 0.1) is 5.92 Å². The van der Waals surface area contributed by atoms with Crippen LogP contribution in [0.25, 0.3) is 0 Å². The third kappa shape index (κ3) is 3.09. The molecule has 2 rings (SSSR count). The van der Waals surface area contributed by atoms with Crippen molar-refractivity contribution in [3.63, 3.8) is 0 Å². The molecule has 1 N–H and O–H groups in total. The van der Waals surface area contributed by atoms with Crippen LogP contribution in [-0.2, 0) is 14.6 Å². The van der Waals surface area contributed by atoms with E-state index in [-0.39, 0.29) is 10.8 Å². The number of carboxylic acid groups (broad SMARTS) is 1. The molecule has 1 saturated carbocycles. The molecule has 0 aliphatic heterocycles. The summed E-state index contributed by atoms with van der Waals surface area (Å²) in [5.74, 6) is -1.56. The van der Waals surface area contributed by atoms with E-state index in [0.717, 1.165) is 12.8 Å². The Morgan fingerprint density at radius 2 is 1.85 bits per heavy atom. The first kappa shape index (κ1) is 16.0. The van der Waals surface area contributed by atoms with Gasteiger partial charge in [0.15, 0.2) is 15.1 Å². The molecule has 7 heteroatoms. The van der Waals surface area contributed by atoms with Gasteiger partial charge in [-0.25, -0.2) is 8.42 Å². The van der Waals surface area contributed by atoms with E-state index in [0.29, 0.717) is 21.8 Å². The van der Waals surface area contributed by atoms with Crippen LogP contribution >= 0.6 is 31.9 Å². The Morgan fingerprint density at radius 3 is 2.40 bits per heavy atom. The number of halogens is 2. The van der Waals surface area contributed by atoms with Crippen molar-refractivity contribution in [1.29, 1.82) is 0 Å². The molecule has 20 heavy (non-hydrogen) atoms. The Kier molecular flexibility index (Phi) is 4.92. The summed E-state index contributed by atoms with van der Waals surface area (Å²) < 4.78 is 26.4. The summed E-state index contributed by atoms with van der Waals surface area (Å²) in [5, 5.41) is 8.02. The quantitative estimate of drug-likeness (QED) is 0.799. The fraction of sp³-hybridized carbons (Fsp3) is 0.462. The average molecular weight is 426 g/mol. The van der Waals surface area contributed by atoms with Gasteiger partial charge in [0, 0.05) is 8.95 Å². The lowest BCUT2D eigenvalue weighted by atomic mass is 10.0. The molecule has 1 unspecified atom stereocenters. The van der Waals surface area contributed by atoms with Crippen LogP contribution < -0.4 is 0 Å². The maximum absolute atomic E-state index is 12.7. The van der Waals surface area contributed by atoms with Crippen LogP contribution in [0.4, 0.5) is 0 Å². The molecule has 0 heterocycles. The first-order valence-corrected chi connectivity index (χ1v) is 9.39. The molecule has 0 spiro atoms. The summed E-state index contributed by atoms with van der Waals surface area (Å²) >= 11 is 6.43. The van der Waals surface area contributed by atoms with Crippen LogP contribution in [0.3, 0.4) is 0 Å². The molecule has 0 saturated heterocycles. The van der Waals surface area contributed by atoms with Crippen molar-refractivity contribution in [2.24, 2.45) is 5.92 Å². The number of rotatable bonds is 4. The Morgan fingerprint density at radius 1 is 1.25 bits per heavy atom. The second-order valence-electron chi connectivity index (χ2n) is 4.92. The van der Waals surface area contributed by atoms with Crippen LogP contribution in [0.2, 0.25) is 0 Å². The highest BCUT2D eigenvalue weighted by Gasteiger charge is 2.42. The lowest BCUT2D eigenvalue weighted by molar-refractivity contribution is -0.137. The molecule has 1 aliphatic carbocycles.